The molecule has 6 heteroatoms. The molecular formula is C15H22N4O2. The number of carbonyl (C=O) groups excluding carboxylic acids is 2. The van der Waals surface area contributed by atoms with Crippen LogP contribution in [-0.4, -0.2) is 45.1 Å². The van der Waals surface area contributed by atoms with Crippen molar-refractivity contribution in [1.82, 2.24) is 20.0 Å². The fourth-order valence-electron chi connectivity index (χ4n) is 3.04. The molecule has 3 atom stereocenters. The van der Waals surface area contributed by atoms with Crippen molar-refractivity contribution in [3.63, 3.8) is 0 Å². The smallest absolute Gasteiger partial charge is 0.225 e. The minimum Gasteiger partial charge on any atom is -0.351 e. The van der Waals surface area contributed by atoms with Gasteiger partial charge in [-0.2, -0.15) is 5.10 Å². The molecule has 3 rings (SSSR count). The molecule has 1 aliphatic carbocycles. The van der Waals surface area contributed by atoms with E-state index in [-0.39, 0.29) is 17.9 Å². The Labute approximate surface area is 124 Å². The first-order chi connectivity index (χ1) is 10.0. The molecule has 1 aromatic rings. The Hall–Kier alpha value is -1.85. The quantitative estimate of drug-likeness (QED) is 0.857. The van der Waals surface area contributed by atoms with Crippen LogP contribution in [0.15, 0.2) is 12.4 Å². The Morgan fingerprint density at radius 1 is 1.52 bits per heavy atom. The molecule has 1 N–H and O–H groups in total. The Bertz CT molecular complexity index is 554. The molecule has 0 bridgehead atoms. The van der Waals surface area contributed by atoms with Crippen LogP contribution in [0.2, 0.25) is 0 Å². The zero-order valence-corrected chi connectivity index (χ0v) is 12.6. The van der Waals surface area contributed by atoms with Crippen molar-refractivity contribution in [3.8, 4) is 0 Å². The molecule has 2 fully saturated rings. The number of aromatic nitrogens is 2. The normalized spacial score (nSPS) is 28.0. The summed E-state index contributed by atoms with van der Waals surface area (Å²) in [5.41, 5.74) is 1.06. The van der Waals surface area contributed by atoms with Gasteiger partial charge in [0.15, 0.2) is 0 Å². The highest BCUT2D eigenvalue weighted by molar-refractivity contribution is 5.82. The summed E-state index contributed by atoms with van der Waals surface area (Å²) in [6, 6.07) is 0.390. The van der Waals surface area contributed by atoms with Crippen molar-refractivity contribution in [2.75, 3.05) is 6.54 Å². The number of likely N-dealkylation sites (tertiary alicyclic amines) is 1. The van der Waals surface area contributed by atoms with Gasteiger partial charge in [-0.25, -0.2) is 0 Å². The molecule has 21 heavy (non-hydrogen) atoms. The lowest BCUT2D eigenvalue weighted by molar-refractivity contribution is -0.128. The fraction of sp³-hybridized carbons (Fsp3) is 0.667. The third-order valence-corrected chi connectivity index (χ3v) is 4.39. The summed E-state index contributed by atoms with van der Waals surface area (Å²) in [5.74, 6) is 0.818. The summed E-state index contributed by atoms with van der Waals surface area (Å²) in [6.45, 7) is 2.84. The Morgan fingerprint density at radius 2 is 2.29 bits per heavy atom. The molecule has 1 aliphatic heterocycles. The summed E-state index contributed by atoms with van der Waals surface area (Å²) >= 11 is 0. The van der Waals surface area contributed by atoms with Gasteiger partial charge in [0.05, 0.1) is 12.2 Å². The van der Waals surface area contributed by atoms with Crippen molar-refractivity contribution in [2.45, 2.75) is 44.7 Å². The maximum absolute atomic E-state index is 12.0. The molecule has 0 radical (unpaired) electrons. The number of rotatable bonds is 5. The highest BCUT2D eigenvalue weighted by Gasteiger charge is 2.44. The first-order valence-corrected chi connectivity index (χ1v) is 7.59. The number of hydrogen-bond donors (Lipinski definition) is 1. The third kappa shape index (κ3) is 3.25. The van der Waals surface area contributed by atoms with E-state index in [1.165, 1.54) is 0 Å². The monoisotopic (exact) mass is 290 g/mol. The van der Waals surface area contributed by atoms with Crippen molar-refractivity contribution >= 4 is 11.8 Å². The van der Waals surface area contributed by atoms with Crippen molar-refractivity contribution in [1.29, 1.82) is 0 Å². The zero-order chi connectivity index (χ0) is 15.0. The molecule has 2 heterocycles. The summed E-state index contributed by atoms with van der Waals surface area (Å²) in [6.07, 6.45) is 6.38. The second-order valence-electron chi connectivity index (χ2n) is 6.32. The third-order valence-electron chi connectivity index (χ3n) is 4.39. The number of nitrogens with zero attached hydrogens (tertiary/aromatic N) is 3. The second-order valence-corrected chi connectivity index (χ2v) is 6.32. The van der Waals surface area contributed by atoms with E-state index in [2.05, 4.69) is 17.3 Å². The first kappa shape index (κ1) is 14.1. The number of nitrogens with one attached hydrogen (secondary N) is 1. The van der Waals surface area contributed by atoms with E-state index in [1.54, 1.807) is 10.9 Å². The largest absolute Gasteiger partial charge is 0.351 e. The highest BCUT2D eigenvalue weighted by atomic mass is 16.2. The van der Waals surface area contributed by atoms with Crippen LogP contribution in [0.4, 0.5) is 0 Å². The average Bonchev–Trinajstić information content (AvgIpc) is 2.82. The van der Waals surface area contributed by atoms with Gasteiger partial charge in [-0.15, -0.1) is 0 Å². The molecular weight excluding hydrogens is 268 g/mol. The van der Waals surface area contributed by atoms with E-state index in [9.17, 15) is 9.59 Å². The van der Waals surface area contributed by atoms with Crippen LogP contribution in [0.5, 0.6) is 0 Å². The lowest BCUT2D eigenvalue weighted by Gasteiger charge is -2.16. The highest BCUT2D eigenvalue weighted by Crippen LogP contribution is 2.37. The number of hydrogen-bond acceptors (Lipinski definition) is 3. The first-order valence-electron chi connectivity index (χ1n) is 7.59. The van der Waals surface area contributed by atoms with Crippen LogP contribution < -0.4 is 5.32 Å². The Kier molecular flexibility index (Phi) is 3.69. The maximum Gasteiger partial charge on any atom is 0.225 e. The number of aryl methyl sites for hydroxylation is 2. The van der Waals surface area contributed by atoms with Gasteiger partial charge in [-0.05, 0) is 24.3 Å². The summed E-state index contributed by atoms with van der Waals surface area (Å²) in [7, 11) is 1.86. The van der Waals surface area contributed by atoms with E-state index >= 15 is 0 Å². The van der Waals surface area contributed by atoms with Crippen molar-refractivity contribution in [3.05, 3.63) is 18.0 Å². The zero-order valence-electron chi connectivity index (χ0n) is 12.6. The van der Waals surface area contributed by atoms with Gasteiger partial charge in [0.2, 0.25) is 11.8 Å². The Morgan fingerprint density at radius 3 is 2.90 bits per heavy atom. The molecule has 1 saturated carbocycles. The average molecular weight is 290 g/mol. The number of amides is 2. The predicted molar refractivity (Wildman–Crippen MR) is 77.4 cm³/mol. The minimum atomic E-state index is -0.0216. The lowest BCUT2D eigenvalue weighted by Crippen LogP contribution is -2.37. The maximum atomic E-state index is 12.0. The van der Waals surface area contributed by atoms with E-state index < -0.39 is 0 Å². The Balaban J connectivity index is 1.44. The van der Waals surface area contributed by atoms with E-state index in [0.29, 0.717) is 37.8 Å². The SMILES string of the molecule is C[C@@H]1C[C@@H]1N1C[C@H](NC(=O)CCc2cnn(C)c2)CC1=O. The number of carbonyl (C=O) groups is 2. The molecule has 1 saturated heterocycles. The van der Waals surface area contributed by atoms with Gasteiger partial charge < -0.3 is 10.2 Å². The van der Waals surface area contributed by atoms with Gasteiger partial charge in [0, 0.05) is 38.7 Å². The van der Waals surface area contributed by atoms with Crippen LogP contribution in [-0.2, 0) is 23.1 Å². The van der Waals surface area contributed by atoms with Crippen molar-refractivity contribution in [2.24, 2.45) is 13.0 Å². The van der Waals surface area contributed by atoms with E-state index in [4.69, 9.17) is 0 Å². The van der Waals surface area contributed by atoms with E-state index in [0.717, 1.165) is 12.0 Å². The van der Waals surface area contributed by atoms with Gasteiger partial charge in [-0.1, -0.05) is 6.92 Å². The molecule has 114 valence electrons. The topological polar surface area (TPSA) is 67.2 Å². The van der Waals surface area contributed by atoms with E-state index in [1.807, 2.05) is 18.1 Å². The fourth-order valence-corrected chi connectivity index (χ4v) is 3.04. The van der Waals surface area contributed by atoms with Crippen LogP contribution in [0.1, 0.15) is 31.7 Å². The van der Waals surface area contributed by atoms with Gasteiger partial charge >= 0.3 is 0 Å². The summed E-state index contributed by atoms with van der Waals surface area (Å²) in [4.78, 5) is 25.9. The standard InChI is InChI=1S/C15H22N4O2/c1-10-5-13(10)19-9-12(6-15(19)21)17-14(20)4-3-11-7-16-18(2)8-11/h7-8,10,12-13H,3-6,9H2,1-2H3,(H,17,20)/t10-,12-,13+/m1/s1. The van der Waals surface area contributed by atoms with Crippen LogP contribution in [0.3, 0.4) is 0 Å². The minimum absolute atomic E-state index is 0.0161. The molecule has 2 aliphatic rings. The lowest BCUT2D eigenvalue weighted by atomic mass is 10.2. The van der Waals surface area contributed by atoms with Gasteiger partial charge in [-0.3, -0.25) is 14.3 Å². The molecule has 1 aromatic heterocycles. The van der Waals surface area contributed by atoms with Crippen LogP contribution in [0, 0.1) is 5.92 Å². The second kappa shape index (κ2) is 5.50. The molecule has 0 spiro atoms. The predicted octanol–water partition coefficient (Wildman–Crippen LogP) is 0.478. The molecule has 0 unspecified atom stereocenters. The molecule has 0 aromatic carbocycles. The van der Waals surface area contributed by atoms with Crippen LogP contribution in [0.25, 0.3) is 0 Å². The van der Waals surface area contributed by atoms with Gasteiger partial charge in [0.25, 0.3) is 0 Å². The molecule has 2 amide bonds. The van der Waals surface area contributed by atoms with Crippen LogP contribution >= 0.6 is 0 Å². The summed E-state index contributed by atoms with van der Waals surface area (Å²) < 4.78 is 1.73. The summed E-state index contributed by atoms with van der Waals surface area (Å²) in [5, 5.41) is 7.07. The molecule has 6 nitrogen and oxygen atoms in total. The van der Waals surface area contributed by atoms with Crippen molar-refractivity contribution < 1.29 is 9.59 Å². The van der Waals surface area contributed by atoms with Gasteiger partial charge in [0.1, 0.15) is 0 Å².